The molecule has 2 nitrogen and oxygen atoms in total. The number of alkyl halides is 1. The number of benzene rings is 1. The van der Waals surface area contributed by atoms with E-state index in [1.807, 2.05) is 31.2 Å². The molecule has 1 unspecified atom stereocenters. The average molecular weight is 298 g/mol. The number of carbonyl (C=O) groups is 1. The van der Waals surface area contributed by atoms with Crippen LogP contribution in [0.4, 0.5) is 0 Å². The van der Waals surface area contributed by atoms with Crippen molar-refractivity contribution in [3.05, 3.63) is 35.4 Å². The quantitative estimate of drug-likeness (QED) is 0.803. The second kappa shape index (κ2) is 7.49. The summed E-state index contributed by atoms with van der Waals surface area (Å²) in [5.74, 6) is 0.107. The van der Waals surface area contributed by atoms with E-state index >= 15 is 0 Å². The van der Waals surface area contributed by atoms with Crippen molar-refractivity contribution in [2.24, 2.45) is 0 Å². The van der Waals surface area contributed by atoms with E-state index in [0.29, 0.717) is 6.42 Å². The van der Waals surface area contributed by atoms with Crippen LogP contribution in [0.3, 0.4) is 0 Å². The Balaban J connectivity index is 2.36. The van der Waals surface area contributed by atoms with E-state index < -0.39 is 0 Å². The Kier molecular flexibility index (Phi) is 6.27. The maximum absolute atomic E-state index is 11.7. The molecule has 0 aliphatic carbocycles. The van der Waals surface area contributed by atoms with Gasteiger partial charge in [0, 0.05) is 11.4 Å². The lowest BCUT2D eigenvalue weighted by molar-refractivity contribution is -0.121. The lowest BCUT2D eigenvalue weighted by Gasteiger charge is -2.13. The highest BCUT2D eigenvalue weighted by Crippen LogP contribution is 2.05. The summed E-state index contributed by atoms with van der Waals surface area (Å²) in [6.45, 7) is 4.10. The van der Waals surface area contributed by atoms with Crippen molar-refractivity contribution in [3.63, 3.8) is 0 Å². The van der Waals surface area contributed by atoms with Crippen LogP contribution in [0.5, 0.6) is 0 Å². The third-order valence-corrected chi connectivity index (χ3v) is 3.22. The smallest absolute Gasteiger partial charge is 0.224 e. The molecule has 1 aromatic carbocycles. The first-order valence-corrected chi connectivity index (χ1v) is 7.15. The minimum absolute atomic E-state index is 0.107. The number of nitrogens with one attached hydrogen (secondary N) is 1. The largest absolute Gasteiger partial charge is 0.353 e. The molecule has 0 radical (unpaired) electrons. The highest BCUT2D eigenvalue weighted by Gasteiger charge is 2.07. The van der Waals surface area contributed by atoms with Gasteiger partial charge in [0.2, 0.25) is 5.91 Å². The number of halogens is 1. The highest BCUT2D eigenvalue weighted by atomic mass is 79.9. The van der Waals surface area contributed by atoms with Gasteiger partial charge < -0.3 is 5.32 Å². The SMILES string of the molecule is Cc1ccc(CC(=O)NC(C)CCCBr)cc1. The number of rotatable bonds is 6. The fourth-order valence-electron chi connectivity index (χ4n) is 1.67. The van der Waals surface area contributed by atoms with Crippen molar-refractivity contribution in [2.45, 2.75) is 39.2 Å². The van der Waals surface area contributed by atoms with Crippen LogP contribution in [0.2, 0.25) is 0 Å². The molecule has 0 bridgehead atoms. The molecule has 0 aliphatic heterocycles. The number of amides is 1. The first-order chi connectivity index (χ1) is 8.11. The zero-order valence-electron chi connectivity index (χ0n) is 10.5. The molecule has 1 rings (SSSR count). The second-order valence-corrected chi connectivity index (χ2v) is 5.26. The van der Waals surface area contributed by atoms with Crippen molar-refractivity contribution in [1.82, 2.24) is 5.32 Å². The molecule has 1 aromatic rings. The van der Waals surface area contributed by atoms with E-state index in [9.17, 15) is 4.79 Å². The maximum atomic E-state index is 11.7. The van der Waals surface area contributed by atoms with Gasteiger partial charge in [0.15, 0.2) is 0 Å². The number of aryl methyl sites for hydroxylation is 1. The summed E-state index contributed by atoms with van der Waals surface area (Å²) in [5.41, 5.74) is 2.29. The Bertz CT molecular complexity index is 348. The average Bonchev–Trinajstić information content (AvgIpc) is 2.29. The molecular formula is C14H20BrNO. The third-order valence-electron chi connectivity index (χ3n) is 2.66. The summed E-state index contributed by atoms with van der Waals surface area (Å²) in [5, 5.41) is 4.01. The van der Waals surface area contributed by atoms with E-state index in [4.69, 9.17) is 0 Å². The first kappa shape index (κ1) is 14.2. The predicted molar refractivity (Wildman–Crippen MR) is 75.5 cm³/mol. The van der Waals surface area contributed by atoms with Crippen LogP contribution in [0.1, 0.15) is 30.9 Å². The molecule has 0 aliphatic rings. The van der Waals surface area contributed by atoms with E-state index in [0.717, 1.165) is 23.7 Å². The van der Waals surface area contributed by atoms with Gasteiger partial charge in [-0.15, -0.1) is 0 Å². The molecule has 0 fully saturated rings. The monoisotopic (exact) mass is 297 g/mol. The molecular weight excluding hydrogens is 278 g/mol. The van der Waals surface area contributed by atoms with Crippen LogP contribution < -0.4 is 5.32 Å². The molecule has 94 valence electrons. The van der Waals surface area contributed by atoms with Crippen LogP contribution in [0, 0.1) is 6.92 Å². The van der Waals surface area contributed by atoms with Gasteiger partial charge in [-0.25, -0.2) is 0 Å². The van der Waals surface area contributed by atoms with Gasteiger partial charge in [-0.05, 0) is 32.3 Å². The Morgan fingerprint density at radius 2 is 2.00 bits per heavy atom. The third kappa shape index (κ3) is 5.87. The van der Waals surface area contributed by atoms with Gasteiger partial charge in [0.05, 0.1) is 6.42 Å². The molecule has 0 aromatic heterocycles. The summed E-state index contributed by atoms with van der Waals surface area (Å²) >= 11 is 3.39. The number of hydrogen-bond donors (Lipinski definition) is 1. The van der Waals surface area contributed by atoms with Crippen molar-refractivity contribution in [2.75, 3.05) is 5.33 Å². The standard InChI is InChI=1S/C14H20BrNO/c1-11-5-7-13(8-6-11)10-14(17)16-12(2)4-3-9-15/h5-8,12H,3-4,9-10H2,1-2H3,(H,16,17). The topological polar surface area (TPSA) is 29.1 Å². The zero-order chi connectivity index (χ0) is 12.7. The van der Waals surface area contributed by atoms with E-state index in [2.05, 4.69) is 28.2 Å². The number of hydrogen-bond acceptors (Lipinski definition) is 1. The van der Waals surface area contributed by atoms with E-state index in [-0.39, 0.29) is 11.9 Å². The summed E-state index contributed by atoms with van der Waals surface area (Å²) in [6, 6.07) is 8.36. The summed E-state index contributed by atoms with van der Waals surface area (Å²) < 4.78 is 0. The molecule has 1 atom stereocenters. The maximum Gasteiger partial charge on any atom is 0.224 e. The van der Waals surface area contributed by atoms with E-state index in [1.165, 1.54) is 5.56 Å². The molecule has 0 heterocycles. The Hall–Kier alpha value is -0.830. The molecule has 1 amide bonds. The van der Waals surface area contributed by atoms with Crippen molar-refractivity contribution in [3.8, 4) is 0 Å². The lowest BCUT2D eigenvalue weighted by atomic mass is 10.1. The van der Waals surface area contributed by atoms with Crippen molar-refractivity contribution in [1.29, 1.82) is 0 Å². The van der Waals surface area contributed by atoms with Gasteiger partial charge >= 0.3 is 0 Å². The Labute approximate surface area is 112 Å². The fraction of sp³-hybridized carbons (Fsp3) is 0.500. The van der Waals surface area contributed by atoms with Crippen molar-refractivity contribution >= 4 is 21.8 Å². The van der Waals surface area contributed by atoms with Crippen LogP contribution >= 0.6 is 15.9 Å². The Morgan fingerprint density at radius 3 is 2.59 bits per heavy atom. The highest BCUT2D eigenvalue weighted by molar-refractivity contribution is 9.09. The molecule has 3 heteroatoms. The van der Waals surface area contributed by atoms with Crippen LogP contribution in [0.25, 0.3) is 0 Å². The molecule has 1 N–H and O–H groups in total. The van der Waals surface area contributed by atoms with Crippen molar-refractivity contribution < 1.29 is 4.79 Å². The summed E-state index contributed by atoms with van der Waals surface area (Å²) in [7, 11) is 0. The van der Waals surface area contributed by atoms with Gasteiger partial charge in [-0.1, -0.05) is 45.8 Å². The minimum atomic E-state index is 0.107. The van der Waals surface area contributed by atoms with Crippen LogP contribution in [-0.2, 0) is 11.2 Å². The van der Waals surface area contributed by atoms with Gasteiger partial charge in [-0.2, -0.15) is 0 Å². The van der Waals surface area contributed by atoms with Gasteiger partial charge in [-0.3, -0.25) is 4.79 Å². The second-order valence-electron chi connectivity index (χ2n) is 4.46. The van der Waals surface area contributed by atoms with E-state index in [1.54, 1.807) is 0 Å². The predicted octanol–water partition coefficient (Wildman–Crippen LogP) is 3.22. The molecule has 0 spiro atoms. The molecule has 0 saturated heterocycles. The van der Waals surface area contributed by atoms with Crippen LogP contribution in [0.15, 0.2) is 24.3 Å². The molecule has 17 heavy (non-hydrogen) atoms. The minimum Gasteiger partial charge on any atom is -0.353 e. The van der Waals surface area contributed by atoms with Gasteiger partial charge in [0.25, 0.3) is 0 Å². The summed E-state index contributed by atoms with van der Waals surface area (Å²) in [4.78, 5) is 11.7. The zero-order valence-corrected chi connectivity index (χ0v) is 12.1. The summed E-state index contributed by atoms with van der Waals surface area (Å²) in [6.07, 6.45) is 2.58. The van der Waals surface area contributed by atoms with Crippen LogP contribution in [-0.4, -0.2) is 17.3 Å². The fourth-order valence-corrected chi connectivity index (χ4v) is 2.00. The number of carbonyl (C=O) groups excluding carboxylic acids is 1. The normalized spacial score (nSPS) is 12.2. The lowest BCUT2D eigenvalue weighted by Crippen LogP contribution is -2.33. The molecule has 0 saturated carbocycles. The Morgan fingerprint density at radius 1 is 1.35 bits per heavy atom. The van der Waals surface area contributed by atoms with Gasteiger partial charge in [0.1, 0.15) is 0 Å². The first-order valence-electron chi connectivity index (χ1n) is 6.02.